The van der Waals surface area contributed by atoms with Crippen LogP contribution in [0.4, 0.5) is 0 Å². The monoisotopic (exact) mass is 480 g/mol. The van der Waals surface area contributed by atoms with Crippen LogP contribution in [0.3, 0.4) is 0 Å². The van der Waals surface area contributed by atoms with E-state index in [0.29, 0.717) is 37.4 Å². The van der Waals surface area contributed by atoms with Gasteiger partial charge in [-0.05, 0) is 43.2 Å². The normalized spacial score (nSPS) is 30.1. The minimum atomic E-state index is -3.49. The molecular formula is C27H32N2O4S. The second-order valence-corrected chi connectivity index (χ2v) is 12.4. The highest BCUT2D eigenvalue weighted by Gasteiger charge is 2.60. The van der Waals surface area contributed by atoms with Crippen molar-refractivity contribution in [3.05, 3.63) is 71.3 Å². The van der Waals surface area contributed by atoms with Gasteiger partial charge in [-0.15, -0.1) is 0 Å². The molecule has 2 aliphatic heterocycles. The van der Waals surface area contributed by atoms with Crippen molar-refractivity contribution >= 4 is 21.7 Å². The van der Waals surface area contributed by atoms with Gasteiger partial charge in [0.25, 0.3) is 0 Å². The molecule has 2 aromatic carbocycles. The van der Waals surface area contributed by atoms with E-state index < -0.39 is 15.3 Å². The van der Waals surface area contributed by atoms with E-state index in [0.717, 1.165) is 30.5 Å². The Balaban J connectivity index is 1.26. The molecule has 7 heteroatoms. The minimum Gasteiger partial charge on any atom is -0.342 e. The van der Waals surface area contributed by atoms with Gasteiger partial charge in [-0.1, -0.05) is 54.6 Å². The summed E-state index contributed by atoms with van der Waals surface area (Å²) >= 11 is 0. The molecule has 0 N–H and O–H groups in total. The summed E-state index contributed by atoms with van der Waals surface area (Å²) < 4.78 is 28.5. The van der Waals surface area contributed by atoms with Gasteiger partial charge in [0, 0.05) is 50.0 Å². The molecule has 3 aliphatic rings. The summed E-state index contributed by atoms with van der Waals surface area (Å²) in [5.74, 6) is 0.630. The molecule has 0 bridgehead atoms. The number of ketones is 1. The molecule has 6 nitrogen and oxygen atoms in total. The second kappa shape index (κ2) is 8.61. The van der Waals surface area contributed by atoms with E-state index in [2.05, 4.69) is 0 Å². The Labute approximate surface area is 202 Å². The smallest absolute Gasteiger partial charge is 0.221 e. The zero-order valence-corrected chi connectivity index (χ0v) is 20.6. The fourth-order valence-electron chi connectivity index (χ4n) is 5.86. The first-order valence-corrected chi connectivity index (χ1v) is 13.6. The summed E-state index contributed by atoms with van der Waals surface area (Å²) in [6, 6.07) is 16.8. The molecule has 180 valence electrons. The molecule has 4 atom stereocenters. The van der Waals surface area contributed by atoms with Gasteiger partial charge < -0.3 is 4.90 Å². The van der Waals surface area contributed by atoms with Gasteiger partial charge in [0.05, 0.1) is 0 Å². The quantitative estimate of drug-likeness (QED) is 0.581. The largest absolute Gasteiger partial charge is 0.342 e. The Morgan fingerprint density at radius 1 is 1.03 bits per heavy atom. The van der Waals surface area contributed by atoms with Crippen LogP contribution in [0, 0.1) is 11.3 Å². The maximum absolute atomic E-state index is 13.5. The molecule has 2 saturated heterocycles. The molecule has 2 aromatic rings. The summed E-state index contributed by atoms with van der Waals surface area (Å²) in [5, 5.41) is -0.516. The Kier molecular flexibility index (Phi) is 5.89. The van der Waals surface area contributed by atoms with Crippen LogP contribution < -0.4 is 0 Å². The Morgan fingerprint density at radius 2 is 1.74 bits per heavy atom. The molecule has 1 amide bonds. The number of Topliss-reactive ketones (excluding diaryl/α,β-unsaturated/α-hetero) is 1. The third kappa shape index (κ3) is 4.20. The van der Waals surface area contributed by atoms with Crippen molar-refractivity contribution in [2.75, 3.05) is 13.1 Å². The van der Waals surface area contributed by atoms with E-state index in [9.17, 15) is 18.0 Å². The van der Waals surface area contributed by atoms with E-state index in [1.165, 1.54) is 0 Å². The number of sulfonamides is 1. The number of carbonyl (C=O) groups excluding carboxylic acids is 2. The van der Waals surface area contributed by atoms with E-state index in [1.54, 1.807) is 11.2 Å². The molecule has 5 rings (SSSR count). The van der Waals surface area contributed by atoms with Crippen LogP contribution in [0.25, 0.3) is 0 Å². The van der Waals surface area contributed by atoms with E-state index in [1.807, 2.05) is 66.4 Å². The van der Waals surface area contributed by atoms with Gasteiger partial charge in [-0.2, -0.15) is 4.31 Å². The van der Waals surface area contributed by atoms with Gasteiger partial charge in [0.15, 0.2) is 5.78 Å². The first kappa shape index (κ1) is 23.2. The van der Waals surface area contributed by atoms with E-state index >= 15 is 0 Å². The fraction of sp³-hybridized carbons (Fsp3) is 0.481. The number of fused-ring (bicyclic) bond motifs is 1. The number of likely N-dealkylation sites (tertiary alicyclic amines) is 1. The molecular weight excluding hydrogens is 448 g/mol. The zero-order chi connectivity index (χ0) is 24.1. The molecule has 3 unspecified atom stereocenters. The summed E-state index contributed by atoms with van der Waals surface area (Å²) in [7, 11) is -3.49. The van der Waals surface area contributed by atoms with Crippen LogP contribution in [0.2, 0.25) is 0 Å². The molecule has 1 saturated carbocycles. The summed E-state index contributed by atoms with van der Waals surface area (Å²) in [4.78, 5) is 26.5. The third-order valence-electron chi connectivity index (χ3n) is 8.07. The number of rotatable bonds is 6. The lowest BCUT2D eigenvalue weighted by molar-refractivity contribution is -0.128. The highest BCUT2D eigenvalue weighted by Crippen LogP contribution is 2.60. The van der Waals surface area contributed by atoms with Crippen molar-refractivity contribution in [3.63, 3.8) is 0 Å². The number of amides is 1. The van der Waals surface area contributed by atoms with Crippen LogP contribution in [0.1, 0.15) is 66.3 Å². The zero-order valence-electron chi connectivity index (χ0n) is 19.8. The van der Waals surface area contributed by atoms with Crippen molar-refractivity contribution in [2.45, 2.75) is 57.4 Å². The molecule has 3 fully saturated rings. The van der Waals surface area contributed by atoms with Crippen LogP contribution in [0.15, 0.2) is 54.6 Å². The van der Waals surface area contributed by atoms with Gasteiger partial charge in [0.2, 0.25) is 15.9 Å². The highest BCUT2D eigenvalue weighted by atomic mass is 32.2. The number of benzene rings is 2. The maximum atomic E-state index is 13.5. The molecule has 2 heterocycles. The average Bonchev–Trinajstić information content (AvgIpc) is 3.35. The van der Waals surface area contributed by atoms with Crippen LogP contribution in [-0.2, 0) is 21.4 Å². The number of nitrogens with zero attached hydrogens (tertiary/aromatic N) is 2. The first-order chi connectivity index (χ1) is 16.2. The number of piperidine rings is 1. The van der Waals surface area contributed by atoms with Crippen molar-refractivity contribution < 1.29 is 18.0 Å². The second-order valence-electron chi connectivity index (χ2n) is 10.4. The van der Waals surface area contributed by atoms with Crippen LogP contribution in [0.5, 0.6) is 0 Å². The Bertz CT molecular complexity index is 1190. The molecule has 0 spiro atoms. The van der Waals surface area contributed by atoms with Crippen molar-refractivity contribution in [3.8, 4) is 0 Å². The predicted molar refractivity (Wildman–Crippen MR) is 131 cm³/mol. The van der Waals surface area contributed by atoms with Gasteiger partial charge in [-0.3, -0.25) is 9.59 Å². The minimum absolute atomic E-state index is 0.0365. The van der Waals surface area contributed by atoms with Crippen molar-refractivity contribution in [2.24, 2.45) is 11.3 Å². The molecule has 0 radical (unpaired) electrons. The van der Waals surface area contributed by atoms with Gasteiger partial charge >= 0.3 is 0 Å². The lowest BCUT2D eigenvalue weighted by Crippen LogP contribution is -2.44. The van der Waals surface area contributed by atoms with Crippen molar-refractivity contribution in [1.29, 1.82) is 0 Å². The molecule has 0 aromatic heterocycles. The fourth-order valence-corrected chi connectivity index (χ4v) is 8.05. The van der Waals surface area contributed by atoms with Gasteiger partial charge in [0.1, 0.15) is 5.25 Å². The van der Waals surface area contributed by atoms with Crippen LogP contribution in [-0.4, -0.2) is 48.4 Å². The third-order valence-corrected chi connectivity index (χ3v) is 10.4. The summed E-state index contributed by atoms with van der Waals surface area (Å²) in [5.41, 5.74) is 2.34. The lowest BCUT2D eigenvalue weighted by Gasteiger charge is -2.37. The SMILES string of the molecule is CC(=O)N1CC2CC2(CC(=O)c2ccc(CN3[C@@H](C)CCC(c4ccccc4)S3(=O)=O)cc2)C1. The first-order valence-electron chi connectivity index (χ1n) is 12.1. The molecule has 1 aliphatic carbocycles. The number of carbonyl (C=O) groups is 2. The van der Waals surface area contributed by atoms with Crippen molar-refractivity contribution in [1.82, 2.24) is 9.21 Å². The standard InChI is InChI=1S/C27H32N2O4S/c1-19-8-13-26(23-6-4-3-5-7-23)34(32,33)29(19)16-21-9-11-22(12-10-21)25(31)15-27-14-24(27)17-28(18-27)20(2)30/h3-7,9-12,19,24,26H,8,13-18H2,1-2H3/t19-,24?,26?,27?/m0/s1. The maximum Gasteiger partial charge on any atom is 0.221 e. The van der Waals surface area contributed by atoms with E-state index in [-0.39, 0.29) is 23.1 Å². The predicted octanol–water partition coefficient (Wildman–Crippen LogP) is 4.18. The number of hydrogen-bond acceptors (Lipinski definition) is 4. The average molecular weight is 481 g/mol. The highest BCUT2D eigenvalue weighted by molar-refractivity contribution is 7.89. The van der Waals surface area contributed by atoms with Crippen LogP contribution >= 0.6 is 0 Å². The summed E-state index contributed by atoms with van der Waals surface area (Å²) in [6.07, 6.45) is 2.93. The Morgan fingerprint density at radius 3 is 2.38 bits per heavy atom. The Hall–Kier alpha value is -2.51. The van der Waals surface area contributed by atoms with E-state index in [4.69, 9.17) is 0 Å². The topological polar surface area (TPSA) is 74.8 Å². The summed E-state index contributed by atoms with van der Waals surface area (Å²) in [6.45, 7) is 5.32. The van der Waals surface area contributed by atoms with Gasteiger partial charge in [-0.25, -0.2) is 8.42 Å². The number of hydrogen-bond donors (Lipinski definition) is 0. The lowest BCUT2D eigenvalue weighted by atomic mass is 9.94. The molecule has 34 heavy (non-hydrogen) atoms.